The first-order valence-corrected chi connectivity index (χ1v) is 13.0. The van der Waals surface area contributed by atoms with Gasteiger partial charge < -0.3 is 74.4 Å². The molecular weight excluding hydrogens is 580 g/mol. The fourth-order valence-electron chi connectivity index (χ4n) is 4.89. The number of aromatic hydroxyl groups is 4. The fourth-order valence-corrected chi connectivity index (χ4v) is 4.89. The lowest BCUT2D eigenvalue weighted by atomic mass is 9.97. The molecule has 10 unspecified atom stereocenters. The van der Waals surface area contributed by atoms with Crippen LogP contribution in [0.25, 0.3) is 22.3 Å². The van der Waals surface area contributed by atoms with Crippen molar-refractivity contribution in [1.29, 1.82) is 0 Å². The maximum absolute atomic E-state index is 13.7. The van der Waals surface area contributed by atoms with Gasteiger partial charge >= 0.3 is 0 Å². The van der Waals surface area contributed by atoms with Gasteiger partial charge in [0.2, 0.25) is 23.2 Å². The van der Waals surface area contributed by atoms with Gasteiger partial charge in [0.15, 0.2) is 29.7 Å². The van der Waals surface area contributed by atoms with Crippen molar-refractivity contribution in [3.05, 3.63) is 40.6 Å². The first-order valence-electron chi connectivity index (χ1n) is 13.0. The molecule has 0 saturated carbocycles. The third kappa shape index (κ3) is 5.44. The standard InChI is InChI=1S/C27H30O16/c1-8-15(31)20(36)22(38)26(39-8)43-25-21(37)19(35)14(7-28)41-27(25)42-24-17(33)10-3-2-9(29)6-13(10)40-23(24)11-4-5-12(30)18(34)16(11)32/h2-6,8,14-15,19-22,25-32,34-38H,7H2,1H3. The van der Waals surface area contributed by atoms with Crippen molar-refractivity contribution < 1.29 is 74.4 Å². The summed E-state index contributed by atoms with van der Waals surface area (Å²) in [6.07, 6.45) is -16.7. The molecular formula is C27H30O16. The molecule has 2 aliphatic rings. The van der Waals surface area contributed by atoms with E-state index in [9.17, 15) is 55.9 Å². The van der Waals surface area contributed by atoms with Crippen LogP contribution in [0.5, 0.6) is 28.7 Å². The third-order valence-electron chi connectivity index (χ3n) is 7.37. The summed E-state index contributed by atoms with van der Waals surface area (Å²) in [6.45, 7) is 0.541. The molecule has 3 heterocycles. The summed E-state index contributed by atoms with van der Waals surface area (Å²) in [5.74, 6) is -4.12. The van der Waals surface area contributed by atoms with Crippen LogP contribution >= 0.6 is 0 Å². The first kappa shape index (κ1) is 30.7. The molecule has 0 radical (unpaired) electrons. The number of phenolic OH excluding ortho intramolecular Hbond substituents is 4. The second-order valence-corrected chi connectivity index (χ2v) is 10.2. The van der Waals surface area contributed by atoms with Crippen molar-refractivity contribution in [1.82, 2.24) is 0 Å². The molecule has 5 rings (SSSR count). The zero-order chi connectivity index (χ0) is 31.3. The van der Waals surface area contributed by atoms with Gasteiger partial charge in [0.25, 0.3) is 0 Å². The predicted molar refractivity (Wildman–Crippen MR) is 140 cm³/mol. The Morgan fingerprint density at radius 1 is 0.814 bits per heavy atom. The molecule has 2 aromatic carbocycles. The van der Waals surface area contributed by atoms with Crippen LogP contribution in [0.15, 0.2) is 39.5 Å². The average molecular weight is 611 g/mol. The molecule has 43 heavy (non-hydrogen) atoms. The Morgan fingerprint density at radius 3 is 2.23 bits per heavy atom. The van der Waals surface area contributed by atoms with Crippen LogP contribution in [-0.2, 0) is 14.2 Å². The minimum absolute atomic E-state index is 0.136. The summed E-state index contributed by atoms with van der Waals surface area (Å²) >= 11 is 0. The van der Waals surface area contributed by atoms with Gasteiger partial charge in [-0.05, 0) is 31.2 Å². The van der Waals surface area contributed by atoms with Crippen LogP contribution in [0.3, 0.4) is 0 Å². The smallest absolute Gasteiger partial charge is 0.235 e. The van der Waals surface area contributed by atoms with E-state index in [4.69, 9.17) is 23.4 Å². The van der Waals surface area contributed by atoms with Gasteiger partial charge in [0.1, 0.15) is 48.0 Å². The number of fused-ring (bicyclic) bond motifs is 1. The fraction of sp³-hybridized carbons (Fsp3) is 0.444. The maximum atomic E-state index is 13.7. The van der Waals surface area contributed by atoms with Crippen molar-refractivity contribution in [2.75, 3.05) is 6.61 Å². The highest BCUT2D eigenvalue weighted by Gasteiger charge is 2.51. The molecule has 10 N–H and O–H groups in total. The molecule has 2 saturated heterocycles. The summed E-state index contributed by atoms with van der Waals surface area (Å²) in [5, 5.41) is 102. The zero-order valence-electron chi connectivity index (χ0n) is 22.3. The molecule has 16 nitrogen and oxygen atoms in total. The highest BCUT2D eigenvalue weighted by atomic mass is 16.8. The van der Waals surface area contributed by atoms with Crippen LogP contribution in [0, 0.1) is 0 Å². The zero-order valence-corrected chi connectivity index (χ0v) is 22.3. The number of aliphatic hydroxyl groups excluding tert-OH is 6. The van der Waals surface area contributed by atoms with Gasteiger partial charge in [-0.15, -0.1) is 0 Å². The Balaban J connectivity index is 1.62. The molecule has 1 aromatic heterocycles. The molecule has 16 heteroatoms. The van der Waals surface area contributed by atoms with E-state index in [0.29, 0.717) is 0 Å². The molecule has 0 spiro atoms. The summed E-state index contributed by atoms with van der Waals surface area (Å²) in [4.78, 5) is 13.7. The van der Waals surface area contributed by atoms with E-state index in [1.54, 1.807) is 0 Å². The molecule has 0 amide bonds. The van der Waals surface area contributed by atoms with Gasteiger partial charge in [-0.2, -0.15) is 0 Å². The second-order valence-electron chi connectivity index (χ2n) is 10.2. The predicted octanol–water partition coefficient (Wildman–Crippen LogP) is -1.69. The summed E-state index contributed by atoms with van der Waals surface area (Å²) in [6, 6.07) is 5.53. The van der Waals surface area contributed by atoms with Gasteiger partial charge in [-0.3, -0.25) is 4.79 Å². The van der Waals surface area contributed by atoms with Gasteiger partial charge in [0.05, 0.1) is 23.7 Å². The lowest BCUT2D eigenvalue weighted by Crippen LogP contribution is -2.64. The highest BCUT2D eigenvalue weighted by molar-refractivity contribution is 5.85. The lowest BCUT2D eigenvalue weighted by molar-refractivity contribution is -0.354. The third-order valence-corrected chi connectivity index (χ3v) is 7.37. The number of benzene rings is 2. The molecule has 3 aromatic rings. The molecule has 2 fully saturated rings. The molecule has 2 aliphatic heterocycles. The van der Waals surface area contributed by atoms with Gasteiger partial charge in [-0.1, -0.05) is 0 Å². The Morgan fingerprint density at radius 2 is 1.53 bits per heavy atom. The Kier molecular flexibility index (Phi) is 8.41. The Bertz CT molecular complexity index is 1540. The van der Waals surface area contributed by atoms with Crippen molar-refractivity contribution in [3.8, 4) is 40.1 Å². The topological polar surface area (TPSA) is 269 Å². The van der Waals surface area contributed by atoms with Crippen molar-refractivity contribution in [2.24, 2.45) is 0 Å². The lowest BCUT2D eigenvalue weighted by Gasteiger charge is -2.45. The number of hydrogen-bond donors (Lipinski definition) is 10. The number of ether oxygens (including phenoxy) is 4. The number of rotatable bonds is 6. The number of hydrogen-bond acceptors (Lipinski definition) is 16. The highest BCUT2D eigenvalue weighted by Crippen LogP contribution is 2.45. The van der Waals surface area contributed by atoms with Crippen LogP contribution in [0.4, 0.5) is 0 Å². The monoisotopic (exact) mass is 610 g/mol. The average Bonchev–Trinajstić information content (AvgIpc) is 2.98. The molecule has 0 bridgehead atoms. The largest absolute Gasteiger partial charge is 0.508 e. The van der Waals surface area contributed by atoms with Gasteiger partial charge in [-0.25, -0.2) is 0 Å². The van der Waals surface area contributed by atoms with Crippen LogP contribution in [-0.4, -0.2) is 119 Å². The molecule has 234 valence electrons. The number of phenols is 4. The molecule has 10 atom stereocenters. The van der Waals surface area contributed by atoms with Crippen LogP contribution in [0.2, 0.25) is 0 Å². The van der Waals surface area contributed by atoms with E-state index in [2.05, 4.69) is 0 Å². The minimum atomic E-state index is -1.91. The second kappa shape index (κ2) is 11.8. The van der Waals surface area contributed by atoms with Crippen molar-refractivity contribution >= 4 is 11.0 Å². The normalized spacial score (nSPS) is 33.0. The van der Waals surface area contributed by atoms with Crippen molar-refractivity contribution in [3.63, 3.8) is 0 Å². The quantitative estimate of drug-likeness (QED) is 0.140. The van der Waals surface area contributed by atoms with E-state index in [0.717, 1.165) is 18.2 Å². The van der Waals surface area contributed by atoms with E-state index in [-0.39, 0.29) is 22.3 Å². The Labute approximate surface area is 241 Å². The van der Waals surface area contributed by atoms with E-state index in [1.165, 1.54) is 19.1 Å². The summed E-state index contributed by atoms with van der Waals surface area (Å²) in [7, 11) is 0. The van der Waals surface area contributed by atoms with Crippen LogP contribution in [0.1, 0.15) is 6.92 Å². The van der Waals surface area contributed by atoms with Crippen LogP contribution < -0.4 is 10.2 Å². The maximum Gasteiger partial charge on any atom is 0.235 e. The molecule has 0 aliphatic carbocycles. The first-order chi connectivity index (χ1) is 20.3. The van der Waals surface area contributed by atoms with E-state index in [1.807, 2.05) is 0 Å². The number of aliphatic hydroxyl groups is 6. The SMILES string of the molecule is CC1OC(OC2C(Oc3c(-c4ccc(O)c(O)c4O)oc4cc(O)ccc4c3=O)OC(CO)C(O)C2O)C(O)C(O)C1O. The minimum Gasteiger partial charge on any atom is -0.508 e. The Hall–Kier alpha value is -3.71. The van der Waals surface area contributed by atoms with Crippen molar-refractivity contribution in [2.45, 2.75) is 68.3 Å². The summed E-state index contributed by atoms with van der Waals surface area (Å²) in [5.41, 5.74) is -1.45. The summed E-state index contributed by atoms with van der Waals surface area (Å²) < 4.78 is 28.3. The van der Waals surface area contributed by atoms with E-state index >= 15 is 0 Å². The van der Waals surface area contributed by atoms with E-state index < -0.39 is 102 Å². The van der Waals surface area contributed by atoms with Gasteiger partial charge in [0, 0.05) is 6.07 Å².